The highest BCUT2D eigenvalue weighted by molar-refractivity contribution is 5.94. The number of aromatic hydroxyl groups is 1. The standard InChI is InChI=1S/C20H17F3N4O3/c21-20(22,23)14-4-2-1-3-13(14)11-15-26-16(17(28)19(30)27-15)18(29)25-10-7-12-5-8-24-9-6-12/h1-6,8-9,28H,7,10-11H2,(H,25,29)(H,26,27,30). The monoisotopic (exact) mass is 418 g/mol. The van der Waals surface area contributed by atoms with Crippen LogP contribution in [0.5, 0.6) is 5.75 Å². The van der Waals surface area contributed by atoms with Crippen LogP contribution in [0.15, 0.2) is 53.6 Å². The number of carbonyl (C=O) groups is 1. The number of amides is 1. The number of halogens is 3. The fraction of sp³-hybridized carbons (Fsp3) is 0.200. The van der Waals surface area contributed by atoms with Crippen molar-refractivity contribution in [2.24, 2.45) is 0 Å². The fourth-order valence-electron chi connectivity index (χ4n) is 2.84. The second-order valence-electron chi connectivity index (χ2n) is 6.40. The molecule has 3 N–H and O–H groups in total. The van der Waals surface area contributed by atoms with E-state index in [2.05, 4.69) is 20.3 Å². The Labute approximate surface area is 168 Å². The summed E-state index contributed by atoms with van der Waals surface area (Å²) < 4.78 is 39.5. The lowest BCUT2D eigenvalue weighted by atomic mass is 10.0. The lowest BCUT2D eigenvalue weighted by Gasteiger charge is -2.13. The zero-order valence-electron chi connectivity index (χ0n) is 15.5. The van der Waals surface area contributed by atoms with Gasteiger partial charge in [0.25, 0.3) is 11.5 Å². The highest BCUT2D eigenvalue weighted by Crippen LogP contribution is 2.32. The van der Waals surface area contributed by atoms with Crippen LogP contribution >= 0.6 is 0 Å². The number of carbonyl (C=O) groups excluding carboxylic acids is 1. The third-order valence-corrected chi connectivity index (χ3v) is 4.29. The maximum atomic E-state index is 13.2. The zero-order valence-corrected chi connectivity index (χ0v) is 15.5. The fourth-order valence-corrected chi connectivity index (χ4v) is 2.84. The first-order valence-electron chi connectivity index (χ1n) is 8.90. The smallest absolute Gasteiger partial charge is 0.416 e. The number of aromatic nitrogens is 3. The molecule has 0 spiro atoms. The van der Waals surface area contributed by atoms with Crippen molar-refractivity contribution < 1.29 is 23.1 Å². The van der Waals surface area contributed by atoms with E-state index in [1.165, 1.54) is 18.2 Å². The molecular formula is C20H17F3N4O3. The molecule has 2 heterocycles. The number of rotatable bonds is 6. The van der Waals surface area contributed by atoms with E-state index in [1.54, 1.807) is 24.5 Å². The lowest BCUT2D eigenvalue weighted by Crippen LogP contribution is -2.29. The van der Waals surface area contributed by atoms with Crippen molar-refractivity contribution >= 4 is 5.91 Å². The minimum Gasteiger partial charge on any atom is -0.501 e. The van der Waals surface area contributed by atoms with Crippen LogP contribution in [0, 0.1) is 0 Å². The van der Waals surface area contributed by atoms with Crippen LogP contribution in [0.1, 0.15) is 33.0 Å². The Balaban J connectivity index is 1.79. The molecule has 0 bridgehead atoms. The predicted molar refractivity (Wildman–Crippen MR) is 101 cm³/mol. The molecule has 0 atom stereocenters. The Morgan fingerprint density at radius 2 is 1.83 bits per heavy atom. The molecule has 0 aliphatic rings. The molecular weight excluding hydrogens is 401 g/mol. The molecule has 7 nitrogen and oxygen atoms in total. The molecule has 3 aromatic rings. The van der Waals surface area contributed by atoms with Crippen LogP contribution in [0.3, 0.4) is 0 Å². The largest absolute Gasteiger partial charge is 0.501 e. The highest BCUT2D eigenvalue weighted by atomic mass is 19.4. The van der Waals surface area contributed by atoms with Gasteiger partial charge in [0, 0.05) is 25.4 Å². The highest BCUT2D eigenvalue weighted by Gasteiger charge is 2.33. The van der Waals surface area contributed by atoms with Crippen molar-refractivity contribution in [3.63, 3.8) is 0 Å². The van der Waals surface area contributed by atoms with Gasteiger partial charge in [0.2, 0.25) is 5.75 Å². The summed E-state index contributed by atoms with van der Waals surface area (Å²) in [4.78, 5) is 34.3. The number of alkyl halides is 3. The summed E-state index contributed by atoms with van der Waals surface area (Å²) in [6, 6.07) is 8.39. The van der Waals surface area contributed by atoms with Gasteiger partial charge in [-0.15, -0.1) is 0 Å². The molecule has 1 amide bonds. The molecule has 0 saturated carbocycles. The summed E-state index contributed by atoms with van der Waals surface area (Å²) in [6.07, 6.45) is -1.27. The van der Waals surface area contributed by atoms with Gasteiger partial charge in [-0.3, -0.25) is 14.6 Å². The number of hydrogen-bond donors (Lipinski definition) is 3. The van der Waals surface area contributed by atoms with Crippen molar-refractivity contribution in [3.8, 4) is 5.75 Å². The number of hydrogen-bond acceptors (Lipinski definition) is 5. The molecule has 10 heteroatoms. The molecule has 0 aliphatic carbocycles. The first kappa shape index (κ1) is 21.0. The number of nitrogens with zero attached hydrogens (tertiary/aromatic N) is 2. The van der Waals surface area contributed by atoms with E-state index in [1.807, 2.05) is 0 Å². The normalized spacial score (nSPS) is 11.3. The summed E-state index contributed by atoms with van der Waals surface area (Å²) in [7, 11) is 0. The zero-order chi connectivity index (χ0) is 21.7. The van der Waals surface area contributed by atoms with Gasteiger partial charge in [0.05, 0.1) is 5.56 Å². The first-order chi connectivity index (χ1) is 14.3. The van der Waals surface area contributed by atoms with Crippen LogP contribution in [0.4, 0.5) is 13.2 Å². The summed E-state index contributed by atoms with van der Waals surface area (Å²) >= 11 is 0. The molecule has 0 radical (unpaired) electrons. The summed E-state index contributed by atoms with van der Waals surface area (Å²) in [5.74, 6) is -1.88. The first-order valence-corrected chi connectivity index (χ1v) is 8.90. The number of H-pyrrole nitrogens is 1. The van der Waals surface area contributed by atoms with Gasteiger partial charge < -0.3 is 15.4 Å². The van der Waals surface area contributed by atoms with Gasteiger partial charge in [-0.2, -0.15) is 13.2 Å². The molecule has 3 rings (SSSR count). The maximum absolute atomic E-state index is 13.2. The summed E-state index contributed by atoms with van der Waals surface area (Å²) in [5, 5.41) is 12.4. The number of aromatic amines is 1. The molecule has 0 saturated heterocycles. The molecule has 156 valence electrons. The number of pyridine rings is 1. The summed E-state index contributed by atoms with van der Waals surface area (Å²) in [5.41, 5.74) is -1.64. The van der Waals surface area contributed by atoms with Crippen LogP contribution < -0.4 is 10.9 Å². The average molecular weight is 418 g/mol. The Morgan fingerprint density at radius 1 is 1.13 bits per heavy atom. The second kappa shape index (κ2) is 8.76. The SMILES string of the molecule is O=C(NCCc1ccncc1)c1nc(Cc2ccccc2C(F)(F)F)[nH]c(=O)c1O. The van der Waals surface area contributed by atoms with Crippen molar-refractivity contribution in [3.05, 3.63) is 87.4 Å². The van der Waals surface area contributed by atoms with Crippen LogP contribution in [-0.2, 0) is 19.0 Å². The molecule has 1 aromatic carbocycles. The molecule has 0 fully saturated rings. The Morgan fingerprint density at radius 3 is 2.53 bits per heavy atom. The molecule has 0 aliphatic heterocycles. The van der Waals surface area contributed by atoms with Crippen molar-refractivity contribution in [1.29, 1.82) is 0 Å². The van der Waals surface area contributed by atoms with E-state index >= 15 is 0 Å². The molecule has 0 unspecified atom stereocenters. The summed E-state index contributed by atoms with van der Waals surface area (Å²) in [6.45, 7) is 0.197. The van der Waals surface area contributed by atoms with Crippen molar-refractivity contribution in [2.45, 2.75) is 19.0 Å². The van der Waals surface area contributed by atoms with Crippen LogP contribution in [0.2, 0.25) is 0 Å². The van der Waals surface area contributed by atoms with Gasteiger partial charge in [-0.05, 0) is 35.7 Å². The number of benzene rings is 1. The third-order valence-electron chi connectivity index (χ3n) is 4.29. The third kappa shape index (κ3) is 5.02. The van der Waals surface area contributed by atoms with Crippen LogP contribution in [0.25, 0.3) is 0 Å². The van der Waals surface area contributed by atoms with Crippen molar-refractivity contribution in [1.82, 2.24) is 20.3 Å². The van der Waals surface area contributed by atoms with E-state index in [9.17, 15) is 27.9 Å². The van der Waals surface area contributed by atoms with Crippen molar-refractivity contribution in [2.75, 3.05) is 6.54 Å². The van der Waals surface area contributed by atoms with Gasteiger partial charge in [0.1, 0.15) is 5.82 Å². The Hall–Kier alpha value is -3.69. The quantitative estimate of drug-likeness (QED) is 0.570. The predicted octanol–water partition coefficient (Wildman–Crippen LogP) is 2.45. The van der Waals surface area contributed by atoms with E-state index in [4.69, 9.17) is 0 Å². The Kier molecular flexibility index (Phi) is 6.14. The maximum Gasteiger partial charge on any atom is 0.416 e. The lowest BCUT2D eigenvalue weighted by molar-refractivity contribution is -0.138. The topological polar surface area (TPSA) is 108 Å². The van der Waals surface area contributed by atoms with Gasteiger partial charge in [-0.1, -0.05) is 18.2 Å². The van der Waals surface area contributed by atoms with E-state index in [0.717, 1.165) is 11.6 Å². The van der Waals surface area contributed by atoms with Gasteiger partial charge in [-0.25, -0.2) is 4.98 Å². The number of nitrogens with one attached hydrogen (secondary N) is 2. The molecule has 30 heavy (non-hydrogen) atoms. The molecule has 2 aromatic heterocycles. The van der Waals surface area contributed by atoms with E-state index in [-0.39, 0.29) is 24.4 Å². The van der Waals surface area contributed by atoms with E-state index in [0.29, 0.717) is 6.42 Å². The second-order valence-corrected chi connectivity index (χ2v) is 6.40. The minimum absolute atomic E-state index is 0.122. The van der Waals surface area contributed by atoms with E-state index < -0.39 is 34.6 Å². The average Bonchev–Trinajstić information content (AvgIpc) is 2.71. The minimum atomic E-state index is -4.58. The Bertz CT molecular complexity index is 1100. The van der Waals surface area contributed by atoms with Gasteiger partial charge >= 0.3 is 6.18 Å². The van der Waals surface area contributed by atoms with Crippen LogP contribution in [-0.4, -0.2) is 32.5 Å². The van der Waals surface area contributed by atoms with Gasteiger partial charge in [0.15, 0.2) is 5.69 Å².